The molecule has 10 nitrogen and oxygen atoms in total. The number of aryl methyl sites for hydroxylation is 1. The highest BCUT2D eigenvalue weighted by atomic mass is 16.6. The minimum absolute atomic E-state index is 0.0966. The van der Waals surface area contributed by atoms with E-state index < -0.39 is 4.92 Å². The molecule has 0 radical (unpaired) electrons. The summed E-state index contributed by atoms with van der Waals surface area (Å²) in [7, 11) is 0. The molecule has 10 heteroatoms. The number of carbonyl (C=O) groups is 1. The molecule has 0 atom stereocenters. The number of nitrogens with zero attached hydrogens (tertiary/aromatic N) is 4. The molecule has 1 aromatic carbocycles. The molecule has 0 fully saturated rings. The number of nitrogens with one attached hydrogen (secondary N) is 2. The molecule has 1 amide bonds. The number of benzene rings is 1. The SMILES string of the molecule is O=C1COc2cc([N+](=O)[O-])c(NCCCn3ccnn3)cc2N1. The molecule has 0 aliphatic carbocycles. The van der Waals surface area contributed by atoms with Crippen molar-refractivity contribution >= 4 is 23.0 Å². The molecule has 1 aromatic heterocycles. The summed E-state index contributed by atoms with van der Waals surface area (Å²) < 4.78 is 6.87. The second-order valence-corrected chi connectivity index (χ2v) is 4.91. The number of anilines is 2. The summed E-state index contributed by atoms with van der Waals surface area (Å²) in [6, 6.07) is 2.83. The van der Waals surface area contributed by atoms with Crippen LogP contribution in [0.5, 0.6) is 5.75 Å². The van der Waals surface area contributed by atoms with Crippen molar-refractivity contribution in [2.45, 2.75) is 13.0 Å². The highest BCUT2D eigenvalue weighted by Crippen LogP contribution is 2.37. The van der Waals surface area contributed by atoms with E-state index in [9.17, 15) is 14.9 Å². The number of aromatic nitrogens is 3. The molecular formula is C13H14N6O4. The Hall–Kier alpha value is -3.17. The van der Waals surface area contributed by atoms with Gasteiger partial charge in [0.25, 0.3) is 11.6 Å². The molecule has 23 heavy (non-hydrogen) atoms. The van der Waals surface area contributed by atoms with Crippen LogP contribution >= 0.6 is 0 Å². The number of hydrogen-bond donors (Lipinski definition) is 2. The molecular weight excluding hydrogens is 304 g/mol. The summed E-state index contributed by atoms with van der Waals surface area (Å²) >= 11 is 0. The fraction of sp³-hybridized carbons (Fsp3) is 0.308. The van der Waals surface area contributed by atoms with Crippen molar-refractivity contribution in [1.82, 2.24) is 15.0 Å². The Morgan fingerprint density at radius 2 is 2.35 bits per heavy atom. The quantitative estimate of drug-likeness (QED) is 0.463. The van der Waals surface area contributed by atoms with Crippen LogP contribution in [0.15, 0.2) is 24.5 Å². The van der Waals surface area contributed by atoms with Gasteiger partial charge in [0.05, 0.1) is 22.9 Å². The number of carbonyl (C=O) groups excluding carboxylic acids is 1. The van der Waals surface area contributed by atoms with E-state index in [4.69, 9.17) is 4.74 Å². The van der Waals surface area contributed by atoms with Gasteiger partial charge in [0.2, 0.25) is 0 Å². The van der Waals surface area contributed by atoms with E-state index in [1.807, 2.05) is 0 Å². The van der Waals surface area contributed by atoms with E-state index in [1.54, 1.807) is 17.1 Å². The second kappa shape index (κ2) is 6.30. The molecule has 2 heterocycles. The van der Waals surface area contributed by atoms with Gasteiger partial charge in [-0.1, -0.05) is 5.21 Å². The average molecular weight is 318 g/mol. The summed E-state index contributed by atoms with van der Waals surface area (Å²) in [6.45, 7) is 1.01. The number of amides is 1. The van der Waals surface area contributed by atoms with Crippen LogP contribution in [0.1, 0.15) is 6.42 Å². The molecule has 0 saturated carbocycles. The first-order chi connectivity index (χ1) is 11.1. The van der Waals surface area contributed by atoms with E-state index >= 15 is 0 Å². The lowest BCUT2D eigenvalue weighted by Gasteiger charge is -2.19. The van der Waals surface area contributed by atoms with Crippen LogP contribution in [0.4, 0.5) is 17.1 Å². The lowest BCUT2D eigenvalue weighted by molar-refractivity contribution is -0.384. The first-order valence-corrected chi connectivity index (χ1v) is 6.96. The maximum Gasteiger partial charge on any atom is 0.296 e. The zero-order valence-electron chi connectivity index (χ0n) is 12.1. The first kappa shape index (κ1) is 14.8. The molecule has 0 spiro atoms. The van der Waals surface area contributed by atoms with Crippen LogP contribution in [0.3, 0.4) is 0 Å². The predicted molar refractivity (Wildman–Crippen MR) is 80.3 cm³/mol. The normalized spacial score (nSPS) is 13.0. The minimum Gasteiger partial charge on any atom is -0.481 e. The fourth-order valence-electron chi connectivity index (χ4n) is 2.22. The Bertz CT molecular complexity index is 730. The Kier molecular flexibility index (Phi) is 4.04. The van der Waals surface area contributed by atoms with Crippen molar-refractivity contribution in [2.24, 2.45) is 0 Å². The molecule has 0 bridgehead atoms. The van der Waals surface area contributed by atoms with Crippen LogP contribution < -0.4 is 15.4 Å². The molecule has 0 unspecified atom stereocenters. The smallest absolute Gasteiger partial charge is 0.296 e. The number of nitro benzene ring substituents is 1. The van der Waals surface area contributed by atoms with Crippen molar-refractivity contribution in [3.05, 3.63) is 34.6 Å². The number of hydrogen-bond acceptors (Lipinski definition) is 7. The molecule has 2 N–H and O–H groups in total. The zero-order valence-corrected chi connectivity index (χ0v) is 12.1. The Morgan fingerprint density at radius 3 is 3.09 bits per heavy atom. The summed E-state index contributed by atoms with van der Waals surface area (Å²) in [6.07, 6.45) is 4.04. The molecule has 0 saturated heterocycles. The standard InChI is InChI=1S/C13H14N6O4/c20-13-8-23-12-7-11(19(21)22)9(6-10(12)16-13)14-2-1-4-18-5-3-15-17-18/h3,5-7,14H,1-2,4,8H2,(H,16,20). The van der Waals surface area contributed by atoms with E-state index in [0.29, 0.717) is 36.6 Å². The predicted octanol–water partition coefficient (Wildman–Crippen LogP) is 1.02. The Balaban J connectivity index is 1.70. The van der Waals surface area contributed by atoms with Gasteiger partial charge in [-0.25, -0.2) is 0 Å². The number of nitro groups is 1. The van der Waals surface area contributed by atoms with Gasteiger partial charge in [0, 0.05) is 19.3 Å². The maximum atomic E-state index is 11.3. The summed E-state index contributed by atoms with van der Waals surface area (Å²) in [5.74, 6) is 0.00736. The Morgan fingerprint density at radius 1 is 1.48 bits per heavy atom. The van der Waals surface area contributed by atoms with Crippen molar-refractivity contribution in [3.8, 4) is 5.75 Å². The molecule has 1 aliphatic heterocycles. The summed E-state index contributed by atoms with van der Waals surface area (Å²) in [5, 5.41) is 24.4. The van der Waals surface area contributed by atoms with E-state index in [2.05, 4.69) is 20.9 Å². The van der Waals surface area contributed by atoms with Gasteiger partial charge >= 0.3 is 0 Å². The van der Waals surface area contributed by atoms with Crippen LogP contribution in [0.25, 0.3) is 0 Å². The monoisotopic (exact) mass is 318 g/mol. The summed E-state index contributed by atoms with van der Waals surface area (Å²) in [4.78, 5) is 22.0. The molecule has 120 valence electrons. The van der Waals surface area contributed by atoms with E-state index in [-0.39, 0.29) is 18.2 Å². The van der Waals surface area contributed by atoms with Crippen LogP contribution in [-0.2, 0) is 11.3 Å². The molecule has 1 aliphatic rings. The average Bonchev–Trinajstić information content (AvgIpc) is 3.03. The van der Waals surface area contributed by atoms with Crippen LogP contribution in [0, 0.1) is 10.1 Å². The second-order valence-electron chi connectivity index (χ2n) is 4.91. The number of rotatable bonds is 6. The fourth-order valence-corrected chi connectivity index (χ4v) is 2.22. The van der Waals surface area contributed by atoms with Crippen molar-refractivity contribution in [1.29, 1.82) is 0 Å². The van der Waals surface area contributed by atoms with Gasteiger partial charge in [-0.3, -0.25) is 19.6 Å². The zero-order chi connectivity index (χ0) is 16.2. The number of ether oxygens (including phenoxy) is 1. The van der Waals surface area contributed by atoms with Crippen molar-refractivity contribution in [2.75, 3.05) is 23.8 Å². The lowest BCUT2D eigenvalue weighted by Crippen LogP contribution is -2.25. The van der Waals surface area contributed by atoms with Crippen LogP contribution in [-0.4, -0.2) is 39.0 Å². The van der Waals surface area contributed by atoms with Gasteiger partial charge in [-0.05, 0) is 12.5 Å². The van der Waals surface area contributed by atoms with Gasteiger partial charge in [-0.15, -0.1) is 5.10 Å². The van der Waals surface area contributed by atoms with Gasteiger partial charge in [-0.2, -0.15) is 0 Å². The highest BCUT2D eigenvalue weighted by molar-refractivity contribution is 5.96. The Labute approximate surface area is 130 Å². The van der Waals surface area contributed by atoms with Gasteiger partial charge in [0.1, 0.15) is 5.69 Å². The van der Waals surface area contributed by atoms with Crippen LogP contribution in [0.2, 0.25) is 0 Å². The van der Waals surface area contributed by atoms with Crippen molar-refractivity contribution in [3.63, 3.8) is 0 Å². The van der Waals surface area contributed by atoms with Crippen molar-refractivity contribution < 1.29 is 14.5 Å². The van der Waals surface area contributed by atoms with E-state index in [0.717, 1.165) is 0 Å². The third kappa shape index (κ3) is 3.36. The van der Waals surface area contributed by atoms with Gasteiger partial charge < -0.3 is 15.4 Å². The highest BCUT2D eigenvalue weighted by Gasteiger charge is 2.23. The lowest BCUT2D eigenvalue weighted by atomic mass is 10.2. The maximum absolute atomic E-state index is 11.3. The third-order valence-electron chi connectivity index (χ3n) is 3.28. The molecule has 2 aromatic rings. The third-order valence-corrected chi connectivity index (χ3v) is 3.28. The minimum atomic E-state index is -0.486. The topological polar surface area (TPSA) is 124 Å². The first-order valence-electron chi connectivity index (χ1n) is 6.96. The van der Waals surface area contributed by atoms with Gasteiger partial charge in [0.15, 0.2) is 12.4 Å². The van der Waals surface area contributed by atoms with E-state index in [1.165, 1.54) is 12.1 Å². The number of fused-ring (bicyclic) bond motifs is 1. The summed E-state index contributed by atoms with van der Waals surface area (Å²) in [5.41, 5.74) is 0.657. The molecule has 3 rings (SSSR count). The largest absolute Gasteiger partial charge is 0.481 e.